The van der Waals surface area contributed by atoms with Crippen LogP contribution in [0.25, 0.3) is 10.9 Å². The van der Waals surface area contributed by atoms with E-state index >= 15 is 0 Å². The number of aromatic nitrogens is 3. The normalized spacial score (nSPS) is 12.6. The van der Waals surface area contributed by atoms with Crippen LogP contribution in [-0.4, -0.2) is 20.4 Å². The van der Waals surface area contributed by atoms with Crippen LogP contribution in [0.1, 0.15) is 18.2 Å². The Kier molecular flexibility index (Phi) is 4.63. The summed E-state index contributed by atoms with van der Waals surface area (Å²) in [5, 5.41) is 9.39. The standard InChI is InChI=1S/C19H24N4/c1-4-10-23-14-18(16(3)21-23)12-20-15(2)13-22-11-9-17-7-5-6-8-19(17)22/h4-9,11,14-15,20H,1,10,12-13H2,2-3H3. The van der Waals surface area contributed by atoms with Gasteiger partial charge in [-0.15, -0.1) is 6.58 Å². The Morgan fingerprint density at radius 1 is 1.30 bits per heavy atom. The lowest BCUT2D eigenvalue weighted by atomic mass is 10.2. The number of fused-ring (bicyclic) bond motifs is 1. The summed E-state index contributed by atoms with van der Waals surface area (Å²) >= 11 is 0. The van der Waals surface area contributed by atoms with Crippen molar-refractivity contribution in [3.63, 3.8) is 0 Å². The molecule has 3 aromatic rings. The van der Waals surface area contributed by atoms with Gasteiger partial charge in [0.2, 0.25) is 0 Å². The second-order valence-electron chi connectivity index (χ2n) is 6.06. The first kappa shape index (κ1) is 15.6. The van der Waals surface area contributed by atoms with E-state index in [9.17, 15) is 0 Å². The van der Waals surface area contributed by atoms with E-state index in [1.807, 2.05) is 10.8 Å². The van der Waals surface area contributed by atoms with E-state index in [-0.39, 0.29) is 0 Å². The minimum absolute atomic E-state index is 0.382. The third-order valence-corrected chi connectivity index (χ3v) is 4.16. The maximum atomic E-state index is 4.50. The first-order chi connectivity index (χ1) is 11.2. The van der Waals surface area contributed by atoms with Crippen LogP contribution >= 0.6 is 0 Å². The molecule has 0 radical (unpaired) electrons. The number of allylic oxidation sites excluding steroid dienone is 1. The van der Waals surface area contributed by atoms with Crippen LogP contribution in [0, 0.1) is 6.92 Å². The number of benzene rings is 1. The fourth-order valence-corrected chi connectivity index (χ4v) is 2.90. The molecule has 0 bridgehead atoms. The van der Waals surface area contributed by atoms with Gasteiger partial charge in [-0.05, 0) is 31.4 Å². The smallest absolute Gasteiger partial charge is 0.0638 e. The molecule has 23 heavy (non-hydrogen) atoms. The second-order valence-corrected chi connectivity index (χ2v) is 6.06. The van der Waals surface area contributed by atoms with Gasteiger partial charge < -0.3 is 9.88 Å². The van der Waals surface area contributed by atoms with Crippen molar-refractivity contribution in [3.05, 3.63) is 66.6 Å². The molecule has 0 saturated carbocycles. The zero-order chi connectivity index (χ0) is 16.2. The van der Waals surface area contributed by atoms with Crippen molar-refractivity contribution in [2.75, 3.05) is 0 Å². The maximum Gasteiger partial charge on any atom is 0.0638 e. The van der Waals surface area contributed by atoms with Gasteiger partial charge in [-0.1, -0.05) is 24.3 Å². The van der Waals surface area contributed by atoms with Gasteiger partial charge in [-0.2, -0.15) is 5.10 Å². The van der Waals surface area contributed by atoms with Gasteiger partial charge >= 0.3 is 0 Å². The molecule has 4 heteroatoms. The van der Waals surface area contributed by atoms with Crippen LogP contribution in [0.15, 0.2) is 55.4 Å². The minimum atomic E-state index is 0.382. The third kappa shape index (κ3) is 3.54. The number of hydrogen-bond acceptors (Lipinski definition) is 2. The van der Waals surface area contributed by atoms with E-state index < -0.39 is 0 Å². The quantitative estimate of drug-likeness (QED) is 0.678. The molecular weight excluding hydrogens is 284 g/mol. The average Bonchev–Trinajstić information content (AvgIpc) is 3.10. The fourth-order valence-electron chi connectivity index (χ4n) is 2.90. The van der Waals surface area contributed by atoms with Gasteiger partial charge in [0.1, 0.15) is 0 Å². The van der Waals surface area contributed by atoms with Crippen molar-refractivity contribution in [1.82, 2.24) is 19.7 Å². The van der Waals surface area contributed by atoms with Crippen molar-refractivity contribution >= 4 is 10.9 Å². The van der Waals surface area contributed by atoms with E-state index in [0.29, 0.717) is 6.04 Å². The maximum absolute atomic E-state index is 4.50. The van der Waals surface area contributed by atoms with Crippen LogP contribution in [0.2, 0.25) is 0 Å². The summed E-state index contributed by atoms with van der Waals surface area (Å²) < 4.78 is 4.24. The monoisotopic (exact) mass is 308 g/mol. The number of nitrogens with zero attached hydrogens (tertiary/aromatic N) is 3. The Bertz CT molecular complexity index is 797. The zero-order valence-corrected chi connectivity index (χ0v) is 13.9. The summed E-state index contributed by atoms with van der Waals surface area (Å²) in [6.07, 6.45) is 6.13. The van der Waals surface area contributed by atoms with Crippen molar-refractivity contribution in [3.8, 4) is 0 Å². The van der Waals surface area contributed by atoms with Crippen LogP contribution in [0.4, 0.5) is 0 Å². The van der Waals surface area contributed by atoms with E-state index in [2.05, 4.69) is 78.1 Å². The summed E-state index contributed by atoms with van der Waals surface area (Å²) in [4.78, 5) is 0. The molecule has 1 aromatic carbocycles. The highest BCUT2D eigenvalue weighted by Gasteiger charge is 2.08. The van der Waals surface area contributed by atoms with Crippen molar-refractivity contribution in [2.45, 2.75) is 39.5 Å². The van der Waals surface area contributed by atoms with Gasteiger partial charge in [0.25, 0.3) is 0 Å². The van der Waals surface area contributed by atoms with Crippen molar-refractivity contribution in [1.29, 1.82) is 0 Å². The Morgan fingerprint density at radius 3 is 2.96 bits per heavy atom. The summed E-state index contributed by atoms with van der Waals surface area (Å²) in [6.45, 7) is 10.6. The number of rotatable bonds is 7. The summed E-state index contributed by atoms with van der Waals surface area (Å²) in [5.41, 5.74) is 3.62. The lowest BCUT2D eigenvalue weighted by Gasteiger charge is -2.15. The third-order valence-electron chi connectivity index (χ3n) is 4.16. The predicted molar refractivity (Wildman–Crippen MR) is 95.4 cm³/mol. The topological polar surface area (TPSA) is 34.8 Å². The number of para-hydroxylation sites is 1. The highest BCUT2D eigenvalue weighted by molar-refractivity contribution is 5.79. The number of nitrogens with one attached hydrogen (secondary N) is 1. The van der Waals surface area contributed by atoms with Crippen LogP contribution in [0.3, 0.4) is 0 Å². The molecule has 4 nitrogen and oxygen atoms in total. The fraction of sp³-hybridized carbons (Fsp3) is 0.316. The van der Waals surface area contributed by atoms with Crippen LogP contribution < -0.4 is 5.32 Å². The predicted octanol–water partition coefficient (Wildman–Crippen LogP) is 3.51. The summed E-state index contributed by atoms with van der Waals surface area (Å²) in [7, 11) is 0. The van der Waals surface area contributed by atoms with E-state index in [0.717, 1.165) is 25.3 Å². The molecule has 2 aromatic heterocycles. The largest absolute Gasteiger partial charge is 0.346 e. The second kappa shape index (κ2) is 6.84. The molecule has 2 heterocycles. The van der Waals surface area contributed by atoms with Crippen molar-refractivity contribution < 1.29 is 0 Å². The molecule has 0 aliphatic heterocycles. The van der Waals surface area contributed by atoms with E-state index in [1.165, 1.54) is 16.5 Å². The molecule has 1 unspecified atom stereocenters. The highest BCUT2D eigenvalue weighted by atomic mass is 15.3. The molecule has 3 rings (SSSR count). The number of aryl methyl sites for hydroxylation is 1. The van der Waals surface area contributed by atoms with Gasteiger partial charge in [0.15, 0.2) is 0 Å². The summed E-state index contributed by atoms with van der Waals surface area (Å²) in [5.74, 6) is 0. The molecular formula is C19H24N4. The van der Waals surface area contributed by atoms with Crippen molar-refractivity contribution in [2.24, 2.45) is 0 Å². The minimum Gasteiger partial charge on any atom is -0.346 e. The Labute approximate surface area is 137 Å². The first-order valence-electron chi connectivity index (χ1n) is 8.08. The van der Waals surface area contributed by atoms with Crippen LogP contribution in [-0.2, 0) is 19.6 Å². The molecule has 0 spiro atoms. The Morgan fingerprint density at radius 2 is 2.13 bits per heavy atom. The van der Waals surface area contributed by atoms with Gasteiger partial charge in [-0.3, -0.25) is 4.68 Å². The molecule has 1 N–H and O–H groups in total. The molecule has 0 amide bonds. The van der Waals surface area contributed by atoms with Crippen LogP contribution in [0.5, 0.6) is 0 Å². The Balaban J connectivity index is 1.61. The van der Waals surface area contributed by atoms with Gasteiger partial charge in [0.05, 0.1) is 12.2 Å². The molecule has 0 aliphatic rings. The molecule has 0 aliphatic carbocycles. The van der Waals surface area contributed by atoms with E-state index in [1.54, 1.807) is 0 Å². The lowest BCUT2D eigenvalue weighted by molar-refractivity contribution is 0.483. The molecule has 0 saturated heterocycles. The average molecular weight is 308 g/mol. The molecule has 120 valence electrons. The van der Waals surface area contributed by atoms with Gasteiger partial charge in [0, 0.05) is 42.6 Å². The lowest BCUT2D eigenvalue weighted by Crippen LogP contribution is -2.29. The highest BCUT2D eigenvalue weighted by Crippen LogP contribution is 2.15. The zero-order valence-electron chi connectivity index (χ0n) is 13.9. The van der Waals surface area contributed by atoms with Gasteiger partial charge in [-0.25, -0.2) is 0 Å². The summed E-state index contributed by atoms with van der Waals surface area (Å²) in [6, 6.07) is 11.1. The first-order valence-corrected chi connectivity index (χ1v) is 8.08. The molecule has 1 atom stereocenters. The number of hydrogen-bond donors (Lipinski definition) is 1. The SMILES string of the molecule is C=CCn1cc(CNC(C)Cn2ccc3ccccc32)c(C)n1. The van der Waals surface area contributed by atoms with E-state index in [4.69, 9.17) is 0 Å². The Hall–Kier alpha value is -2.33. The molecule has 0 fully saturated rings.